The summed E-state index contributed by atoms with van der Waals surface area (Å²) in [5.41, 5.74) is 2.00. The Morgan fingerprint density at radius 1 is 1.05 bits per heavy atom. The van der Waals surface area contributed by atoms with Crippen molar-refractivity contribution in [3.05, 3.63) is 71.8 Å². The molecule has 0 aliphatic carbocycles. The molecule has 4 nitrogen and oxygen atoms in total. The fourth-order valence-electron chi connectivity index (χ4n) is 2.41. The summed E-state index contributed by atoms with van der Waals surface area (Å²) < 4.78 is 0. The number of ketones is 1. The maximum absolute atomic E-state index is 12.2. The van der Waals surface area contributed by atoms with Crippen LogP contribution in [0.4, 0.5) is 0 Å². The lowest BCUT2D eigenvalue weighted by atomic mass is 10.1. The molecule has 1 heterocycles. The van der Waals surface area contributed by atoms with Gasteiger partial charge in [0.25, 0.3) is 0 Å². The molecule has 0 radical (unpaired) electrons. The minimum absolute atomic E-state index is 0. The molecule has 114 valence electrons. The first kappa shape index (κ1) is 16.2. The molecule has 0 bridgehead atoms. The van der Waals surface area contributed by atoms with Crippen molar-refractivity contribution in [1.29, 1.82) is 0 Å². The summed E-state index contributed by atoms with van der Waals surface area (Å²) in [6.45, 7) is 1.95. The van der Waals surface area contributed by atoms with Gasteiger partial charge in [-0.2, -0.15) is 5.01 Å². The van der Waals surface area contributed by atoms with E-state index in [1.165, 1.54) is 5.56 Å². The van der Waals surface area contributed by atoms with E-state index in [9.17, 15) is 4.79 Å². The molecule has 3 rings (SSSR count). The highest BCUT2D eigenvalue weighted by atomic mass is 35.5. The van der Waals surface area contributed by atoms with Gasteiger partial charge in [-0.3, -0.25) is 4.79 Å². The lowest BCUT2D eigenvalue weighted by molar-refractivity contribution is -0.921. The average molecular weight is 316 g/mol. The maximum atomic E-state index is 12.2. The molecule has 1 unspecified atom stereocenters. The molecule has 0 saturated heterocycles. The van der Waals surface area contributed by atoms with Crippen molar-refractivity contribution in [2.45, 2.75) is 6.54 Å². The van der Waals surface area contributed by atoms with E-state index in [-0.39, 0.29) is 18.2 Å². The smallest absolute Gasteiger partial charge is 0.182 e. The lowest BCUT2D eigenvalue weighted by Gasteiger charge is -2.13. The number of carbonyl (C=O) groups is 1. The Hall–Kier alpha value is -2.17. The van der Waals surface area contributed by atoms with E-state index in [1.807, 2.05) is 53.4 Å². The summed E-state index contributed by atoms with van der Waals surface area (Å²) >= 11 is 0. The highest BCUT2D eigenvalue weighted by Crippen LogP contribution is 2.02. The van der Waals surface area contributed by atoms with Gasteiger partial charge in [0.2, 0.25) is 0 Å². The summed E-state index contributed by atoms with van der Waals surface area (Å²) in [6, 6.07) is 19.7. The molecular weight excluding hydrogens is 298 g/mol. The van der Waals surface area contributed by atoms with E-state index in [1.54, 1.807) is 6.34 Å². The van der Waals surface area contributed by atoms with Crippen LogP contribution in [0.3, 0.4) is 0 Å². The summed E-state index contributed by atoms with van der Waals surface area (Å²) in [7, 11) is 0. The van der Waals surface area contributed by atoms with Crippen LogP contribution >= 0.6 is 0 Å². The summed E-state index contributed by atoms with van der Waals surface area (Å²) in [5, 5.41) is 5.52. The average Bonchev–Trinajstić information content (AvgIpc) is 2.96. The topological polar surface area (TPSA) is 37.1 Å². The summed E-state index contributed by atoms with van der Waals surface area (Å²) in [4.78, 5) is 14.1. The van der Waals surface area contributed by atoms with Crippen LogP contribution < -0.4 is 17.4 Å². The standard InChI is InChI=1S/C17H17N3O.ClH/c21-17(16-9-5-2-6-10-16)12-19-13-18-20(14-19)11-15-7-3-1-4-8-15;/h1-10,13H,11-12,14H2;1H. The molecule has 0 aromatic heterocycles. The van der Waals surface area contributed by atoms with Gasteiger partial charge in [-0.05, 0) is 0 Å². The van der Waals surface area contributed by atoms with Gasteiger partial charge in [-0.1, -0.05) is 65.8 Å². The van der Waals surface area contributed by atoms with Gasteiger partial charge in [0, 0.05) is 11.1 Å². The van der Waals surface area contributed by atoms with Gasteiger partial charge in [0.15, 0.2) is 18.8 Å². The van der Waals surface area contributed by atoms with Crippen LogP contribution in [0.25, 0.3) is 0 Å². The SMILES string of the molecule is O=C(CN1C=N[NH+](Cc2ccccc2)C1)c1ccccc1.[Cl-]. The fraction of sp³-hybridized carbons (Fsp3) is 0.176. The number of benzene rings is 2. The van der Waals surface area contributed by atoms with E-state index < -0.39 is 0 Å². The number of hydrogen-bond acceptors (Lipinski definition) is 3. The zero-order valence-corrected chi connectivity index (χ0v) is 12.9. The highest BCUT2D eigenvalue weighted by molar-refractivity contribution is 5.98. The molecule has 0 amide bonds. The van der Waals surface area contributed by atoms with E-state index in [0.717, 1.165) is 23.8 Å². The number of nitrogens with zero attached hydrogens (tertiary/aromatic N) is 2. The predicted molar refractivity (Wildman–Crippen MR) is 81.9 cm³/mol. The minimum atomic E-state index is 0. The van der Waals surface area contributed by atoms with E-state index in [2.05, 4.69) is 17.2 Å². The number of rotatable bonds is 5. The summed E-state index contributed by atoms with van der Waals surface area (Å²) in [6.07, 6.45) is 1.78. The lowest BCUT2D eigenvalue weighted by Crippen LogP contribution is -3.05. The highest BCUT2D eigenvalue weighted by Gasteiger charge is 2.21. The van der Waals surface area contributed by atoms with Crippen molar-refractivity contribution < 1.29 is 22.2 Å². The van der Waals surface area contributed by atoms with Gasteiger partial charge < -0.3 is 17.3 Å². The molecule has 1 aliphatic rings. The van der Waals surface area contributed by atoms with Crippen LogP contribution in [0.15, 0.2) is 65.8 Å². The Labute approximate surface area is 136 Å². The molecule has 2 aromatic rings. The fourth-order valence-corrected chi connectivity index (χ4v) is 2.41. The third kappa shape index (κ3) is 4.16. The van der Waals surface area contributed by atoms with Crippen molar-refractivity contribution in [3.63, 3.8) is 0 Å². The molecular formula is C17H18ClN3O. The number of Topliss-reactive ketones (excluding diaryl/α,β-unsaturated/α-hetero) is 1. The van der Waals surface area contributed by atoms with E-state index in [4.69, 9.17) is 0 Å². The third-order valence-electron chi connectivity index (χ3n) is 3.48. The molecule has 0 spiro atoms. The third-order valence-corrected chi connectivity index (χ3v) is 3.48. The Morgan fingerprint density at radius 3 is 2.36 bits per heavy atom. The van der Waals surface area contributed by atoms with Gasteiger partial charge in [-0.15, -0.1) is 0 Å². The van der Waals surface area contributed by atoms with Crippen molar-refractivity contribution in [3.8, 4) is 0 Å². The minimum Gasteiger partial charge on any atom is -1.00 e. The Balaban J connectivity index is 0.00000176. The molecule has 1 atom stereocenters. The first-order valence-electron chi connectivity index (χ1n) is 7.06. The van der Waals surface area contributed by atoms with Crippen LogP contribution in [0.2, 0.25) is 0 Å². The Bertz CT molecular complexity index is 631. The van der Waals surface area contributed by atoms with Gasteiger partial charge >= 0.3 is 0 Å². The number of quaternary nitrogens is 1. The van der Waals surface area contributed by atoms with Crippen LogP contribution in [0.5, 0.6) is 0 Å². The molecule has 0 saturated carbocycles. The first-order valence-corrected chi connectivity index (χ1v) is 7.06. The van der Waals surface area contributed by atoms with Gasteiger partial charge in [-0.25, -0.2) is 0 Å². The second-order valence-electron chi connectivity index (χ2n) is 5.17. The number of hydrogen-bond donors (Lipinski definition) is 1. The predicted octanol–water partition coefficient (Wildman–Crippen LogP) is -1.83. The second kappa shape index (κ2) is 7.73. The normalized spacial score (nSPS) is 16.4. The second-order valence-corrected chi connectivity index (χ2v) is 5.17. The zero-order valence-electron chi connectivity index (χ0n) is 12.2. The van der Waals surface area contributed by atoms with E-state index >= 15 is 0 Å². The number of halogens is 1. The maximum Gasteiger partial charge on any atom is 0.182 e. The molecule has 1 aliphatic heterocycles. The van der Waals surface area contributed by atoms with Crippen molar-refractivity contribution in [2.75, 3.05) is 13.2 Å². The zero-order chi connectivity index (χ0) is 14.5. The molecule has 22 heavy (non-hydrogen) atoms. The molecule has 2 aromatic carbocycles. The van der Waals surface area contributed by atoms with Crippen LogP contribution in [0.1, 0.15) is 15.9 Å². The van der Waals surface area contributed by atoms with Crippen LogP contribution in [-0.2, 0) is 6.54 Å². The summed E-state index contributed by atoms with van der Waals surface area (Å²) in [5.74, 6) is 0.128. The Kier molecular flexibility index (Phi) is 5.69. The van der Waals surface area contributed by atoms with Crippen molar-refractivity contribution in [1.82, 2.24) is 4.90 Å². The number of carbonyl (C=O) groups excluding carboxylic acids is 1. The quantitative estimate of drug-likeness (QED) is 0.660. The first-order chi connectivity index (χ1) is 10.3. The van der Waals surface area contributed by atoms with Crippen molar-refractivity contribution in [2.24, 2.45) is 5.10 Å². The number of nitrogens with one attached hydrogen (secondary N) is 1. The molecule has 5 heteroatoms. The molecule has 0 fully saturated rings. The van der Waals surface area contributed by atoms with Gasteiger partial charge in [0.1, 0.15) is 6.54 Å². The van der Waals surface area contributed by atoms with Crippen molar-refractivity contribution >= 4 is 12.1 Å². The monoisotopic (exact) mass is 315 g/mol. The van der Waals surface area contributed by atoms with Crippen LogP contribution in [0, 0.1) is 0 Å². The van der Waals surface area contributed by atoms with E-state index in [0.29, 0.717) is 6.54 Å². The molecule has 1 N–H and O–H groups in total. The largest absolute Gasteiger partial charge is 1.00 e. The van der Waals surface area contributed by atoms with Crippen LogP contribution in [-0.4, -0.2) is 30.2 Å². The Morgan fingerprint density at radius 2 is 1.68 bits per heavy atom. The van der Waals surface area contributed by atoms with Gasteiger partial charge in [0.05, 0.1) is 6.54 Å².